The van der Waals surface area contributed by atoms with Crippen LogP contribution < -0.4 is 5.32 Å². The Morgan fingerprint density at radius 3 is 2.57 bits per heavy atom. The molecule has 14 heavy (non-hydrogen) atoms. The Balaban J connectivity index is 1.52. The minimum atomic E-state index is 0.638. The summed E-state index contributed by atoms with van der Waals surface area (Å²) < 4.78 is 5.12. The molecule has 2 heterocycles. The van der Waals surface area contributed by atoms with Gasteiger partial charge in [0.25, 0.3) is 0 Å². The SMILES string of the molecule is CC1CCN(CCNC2COC2)CC1. The first-order chi connectivity index (χ1) is 6.84. The third-order valence-electron chi connectivity index (χ3n) is 3.38. The van der Waals surface area contributed by atoms with Gasteiger partial charge in [-0.15, -0.1) is 0 Å². The van der Waals surface area contributed by atoms with Gasteiger partial charge in [0.2, 0.25) is 0 Å². The molecule has 0 aliphatic carbocycles. The molecule has 2 rings (SSSR count). The molecule has 3 nitrogen and oxygen atoms in total. The Bertz CT molecular complexity index is 163. The van der Waals surface area contributed by atoms with Crippen molar-refractivity contribution >= 4 is 0 Å². The van der Waals surface area contributed by atoms with Gasteiger partial charge in [-0.1, -0.05) is 6.92 Å². The maximum Gasteiger partial charge on any atom is 0.0643 e. The molecule has 0 unspecified atom stereocenters. The van der Waals surface area contributed by atoms with Gasteiger partial charge in [0.05, 0.1) is 19.3 Å². The average Bonchev–Trinajstić information content (AvgIpc) is 2.12. The maximum atomic E-state index is 5.12. The van der Waals surface area contributed by atoms with Gasteiger partial charge in [-0.2, -0.15) is 0 Å². The lowest BCUT2D eigenvalue weighted by Gasteiger charge is -2.32. The van der Waals surface area contributed by atoms with Gasteiger partial charge in [0.1, 0.15) is 0 Å². The van der Waals surface area contributed by atoms with E-state index in [0.29, 0.717) is 6.04 Å². The molecule has 1 N–H and O–H groups in total. The van der Waals surface area contributed by atoms with E-state index in [4.69, 9.17) is 4.74 Å². The first-order valence-corrected chi connectivity index (χ1v) is 5.88. The van der Waals surface area contributed by atoms with Gasteiger partial charge in [-0.3, -0.25) is 0 Å². The van der Waals surface area contributed by atoms with E-state index in [1.807, 2.05) is 0 Å². The number of likely N-dealkylation sites (tertiary alicyclic amines) is 1. The molecule has 0 aromatic heterocycles. The number of nitrogens with zero attached hydrogens (tertiary/aromatic N) is 1. The molecule has 2 saturated heterocycles. The monoisotopic (exact) mass is 198 g/mol. The molecule has 2 fully saturated rings. The first kappa shape index (κ1) is 10.4. The van der Waals surface area contributed by atoms with Crippen LogP contribution in [0, 0.1) is 5.92 Å². The Labute approximate surface area is 86.8 Å². The molecular formula is C11H22N2O. The minimum absolute atomic E-state index is 0.638. The molecule has 0 aromatic rings. The van der Waals surface area contributed by atoms with Crippen LogP contribution in [0.5, 0.6) is 0 Å². The van der Waals surface area contributed by atoms with E-state index in [2.05, 4.69) is 17.1 Å². The number of nitrogens with one attached hydrogen (secondary N) is 1. The molecule has 0 spiro atoms. The van der Waals surface area contributed by atoms with Crippen molar-refractivity contribution in [3.05, 3.63) is 0 Å². The Kier molecular flexibility index (Phi) is 3.79. The zero-order valence-corrected chi connectivity index (χ0v) is 9.17. The fraction of sp³-hybridized carbons (Fsp3) is 1.00. The van der Waals surface area contributed by atoms with Crippen molar-refractivity contribution in [2.75, 3.05) is 39.4 Å². The van der Waals surface area contributed by atoms with Gasteiger partial charge in [-0.25, -0.2) is 0 Å². The van der Waals surface area contributed by atoms with Crippen molar-refractivity contribution in [3.63, 3.8) is 0 Å². The molecule has 2 aliphatic heterocycles. The predicted octanol–water partition coefficient (Wildman–Crippen LogP) is 0.707. The third-order valence-corrected chi connectivity index (χ3v) is 3.38. The second-order valence-corrected chi connectivity index (χ2v) is 4.71. The van der Waals surface area contributed by atoms with Gasteiger partial charge >= 0.3 is 0 Å². The number of hydrogen-bond donors (Lipinski definition) is 1. The number of piperidine rings is 1. The van der Waals surface area contributed by atoms with E-state index < -0.39 is 0 Å². The summed E-state index contributed by atoms with van der Waals surface area (Å²) in [5.74, 6) is 0.944. The largest absolute Gasteiger partial charge is 0.378 e. The lowest BCUT2D eigenvalue weighted by Crippen LogP contribution is -2.48. The zero-order valence-electron chi connectivity index (χ0n) is 9.17. The van der Waals surface area contributed by atoms with Crippen molar-refractivity contribution in [1.29, 1.82) is 0 Å². The summed E-state index contributed by atoms with van der Waals surface area (Å²) in [6.45, 7) is 9.12. The molecule has 0 aromatic carbocycles. The maximum absolute atomic E-state index is 5.12. The van der Waals surface area contributed by atoms with Crippen LogP contribution in [0.4, 0.5) is 0 Å². The predicted molar refractivity (Wildman–Crippen MR) is 57.4 cm³/mol. The van der Waals surface area contributed by atoms with Crippen molar-refractivity contribution in [2.45, 2.75) is 25.8 Å². The summed E-state index contributed by atoms with van der Waals surface area (Å²) in [6.07, 6.45) is 2.76. The quantitative estimate of drug-likeness (QED) is 0.720. The van der Waals surface area contributed by atoms with Crippen LogP contribution in [0.1, 0.15) is 19.8 Å². The molecule has 82 valence electrons. The molecule has 3 heteroatoms. The van der Waals surface area contributed by atoms with E-state index in [0.717, 1.165) is 25.7 Å². The number of ether oxygens (including phenoxy) is 1. The van der Waals surface area contributed by atoms with Crippen LogP contribution in [0.15, 0.2) is 0 Å². The smallest absolute Gasteiger partial charge is 0.0643 e. The summed E-state index contributed by atoms with van der Waals surface area (Å²) in [6, 6.07) is 0.638. The second-order valence-electron chi connectivity index (χ2n) is 4.71. The van der Waals surface area contributed by atoms with Gasteiger partial charge in [-0.05, 0) is 31.8 Å². The van der Waals surface area contributed by atoms with E-state index in [-0.39, 0.29) is 0 Å². The fourth-order valence-corrected chi connectivity index (χ4v) is 2.07. The van der Waals surface area contributed by atoms with E-state index in [1.165, 1.54) is 32.5 Å². The fourth-order valence-electron chi connectivity index (χ4n) is 2.07. The molecule has 2 aliphatic rings. The summed E-state index contributed by atoms with van der Waals surface area (Å²) in [7, 11) is 0. The van der Waals surface area contributed by atoms with Gasteiger partial charge < -0.3 is 15.0 Å². The van der Waals surface area contributed by atoms with Gasteiger partial charge in [0.15, 0.2) is 0 Å². The Hall–Kier alpha value is -0.120. The van der Waals surface area contributed by atoms with E-state index >= 15 is 0 Å². The number of hydrogen-bond acceptors (Lipinski definition) is 3. The summed E-state index contributed by atoms with van der Waals surface area (Å²) in [4.78, 5) is 2.58. The van der Waals surface area contributed by atoms with Crippen molar-refractivity contribution < 1.29 is 4.74 Å². The van der Waals surface area contributed by atoms with Crippen LogP contribution in [0.3, 0.4) is 0 Å². The summed E-state index contributed by atoms with van der Waals surface area (Å²) >= 11 is 0. The highest BCUT2D eigenvalue weighted by Gasteiger charge is 2.18. The highest BCUT2D eigenvalue weighted by Crippen LogP contribution is 2.15. The van der Waals surface area contributed by atoms with Crippen LogP contribution >= 0.6 is 0 Å². The first-order valence-electron chi connectivity index (χ1n) is 5.88. The normalized spacial score (nSPS) is 26.4. The van der Waals surface area contributed by atoms with E-state index in [1.54, 1.807) is 0 Å². The topological polar surface area (TPSA) is 24.5 Å². The minimum Gasteiger partial charge on any atom is -0.378 e. The highest BCUT2D eigenvalue weighted by atomic mass is 16.5. The molecule has 0 bridgehead atoms. The molecule has 0 atom stereocenters. The molecule has 0 radical (unpaired) electrons. The zero-order chi connectivity index (χ0) is 9.80. The van der Waals surface area contributed by atoms with E-state index in [9.17, 15) is 0 Å². The lowest BCUT2D eigenvalue weighted by molar-refractivity contribution is -0.00596. The Morgan fingerprint density at radius 1 is 1.29 bits per heavy atom. The Morgan fingerprint density at radius 2 is 2.00 bits per heavy atom. The van der Waals surface area contributed by atoms with Gasteiger partial charge in [0, 0.05) is 13.1 Å². The molecular weight excluding hydrogens is 176 g/mol. The lowest BCUT2D eigenvalue weighted by atomic mass is 9.99. The standard InChI is InChI=1S/C11H22N2O/c1-10-2-5-13(6-3-10)7-4-12-11-8-14-9-11/h10-12H,2-9H2,1H3. The second kappa shape index (κ2) is 5.10. The highest BCUT2D eigenvalue weighted by molar-refractivity contribution is 4.75. The summed E-state index contributed by atoms with van der Waals surface area (Å²) in [5, 5.41) is 3.51. The van der Waals surface area contributed by atoms with Crippen LogP contribution in [-0.2, 0) is 4.74 Å². The van der Waals surface area contributed by atoms with Crippen molar-refractivity contribution in [2.24, 2.45) is 5.92 Å². The molecule has 0 saturated carbocycles. The third kappa shape index (κ3) is 2.94. The van der Waals surface area contributed by atoms with Crippen molar-refractivity contribution in [3.8, 4) is 0 Å². The average molecular weight is 198 g/mol. The number of rotatable bonds is 4. The van der Waals surface area contributed by atoms with Crippen LogP contribution in [0.25, 0.3) is 0 Å². The molecule has 0 amide bonds. The van der Waals surface area contributed by atoms with Crippen LogP contribution in [0.2, 0.25) is 0 Å². The summed E-state index contributed by atoms with van der Waals surface area (Å²) in [5.41, 5.74) is 0. The van der Waals surface area contributed by atoms with Crippen molar-refractivity contribution in [1.82, 2.24) is 10.2 Å². The van der Waals surface area contributed by atoms with Crippen LogP contribution in [-0.4, -0.2) is 50.3 Å².